The van der Waals surface area contributed by atoms with E-state index in [0.717, 1.165) is 24.8 Å². The Morgan fingerprint density at radius 3 is 2.71 bits per heavy atom. The van der Waals surface area contributed by atoms with Crippen LogP contribution in [0.15, 0.2) is 42.5 Å². The van der Waals surface area contributed by atoms with Gasteiger partial charge in [-0.15, -0.1) is 0 Å². The highest BCUT2D eigenvalue weighted by atomic mass is 19.1. The Balaban J connectivity index is 1.87. The lowest BCUT2D eigenvalue weighted by Gasteiger charge is -2.24. The van der Waals surface area contributed by atoms with Crippen LogP contribution in [0.3, 0.4) is 0 Å². The fourth-order valence-corrected chi connectivity index (χ4v) is 3.48. The highest BCUT2D eigenvalue weighted by molar-refractivity contribution is 5.86. The molecule has 0 saturated carbocycles. The number of halogens is 1. The number of amides is 2. The Morgan fingerprint density at radius 2 is 1.94 bits per heavy atom. The number of rotatable bonds is 4. The van der Waals surface area contributed by atoms with Crippen LogP contribution in [-0.4, -0.2) is 43.0 Å². The fraction of sp³-hybridized carbons (Fsp3) is 0.417. The Labute approximate surface area is 182 Å². The summed E-state index contributed by atoms with van der Waals surface area (Å²) in [6, 6.07) is 11.4. The molecule has 3 rings (SSSR count). The number of hydrogen-bond donors (Lipinski definition) is 1. The molecule has 7 heteroatoms. The van der Waals surface area contributed by atoms with Crippen LogP contribution in [0, 0.1) is 5.82 Å². The Bertz CT molecular complexity index is 886. The number of carbonyl (C=O) groups excluding carboxylic acids is 2. The second-order valence-corrected chi connectivity index (χ2v) is 7.49. The van der Waals surface area contributed by atoms with Crippen LogP contribution in [0.1, 0.15) is 37.3 Å². The summed E-state index contributed by atoms with van der Waals surface area (Å²) in [6.45, 7) is 3.66. The highest BCUT2D eigenvalue weighted by Crippen LogP contribution is 2.33. The van der Waals surface area contributed by atoms with Gasteiger partial charge in [0.2, 0.25) is 11.8 Å². The second kappa shape index (κ2) is 11.3. The molecule has 1 N–H and O–H groups in total. The molecule has 166 valence electrons. The minimum Gasteiger partial charge on any atom is -0.490 e. The van der Waals surface area contributed by atoms with Gasteiger partial charge in [-0.25, -0.2) is 4.39 Å². The third-order valence-corrected chi connectivity index (χ3v) is 5.07. The number of nitrogens with one attached hydrogen (secondary N) is 1. The van der Waals surface area contributed by atoms with E-state index in [9.17, 15) is 14.0 Å². The van der Waals surface area contributed by atoms with Crippen LogP contribution in [0.4, 0.5) is 4.39 Å². The molecule has 0 unspecified atom stereocenters. The van der Waals surface area contributed by atoms with E-state index < -0.39 is 0 Å². The van der Waals surface area contributed by atoms with Gasteiger partial charge in [0, 0.05) is 12.1 Å². The maximum Gasteiger partial charge on any atom is 0.239 e. The molecule has 2 amide bonds. The van der Waals surface area contributed by atoms with E-state index in [-0.39, 0.29) is 37.1 Å². The number of carbonyl (C=O) groups is 2. The van der Waals surface area contributed by atoms with E-state index in [1.54, 1.807) is 12.1 Å². The van der Waals surface area contributed by atoms with Crippen molar-refractivity contribution in [3.8, 4) is 11.5 Å². The highest BCUT2D eigenvalue weighted by Gasteiger charge is 2.21. The summed E-state index contributed by atoms with van der Waals surface area (Å²) in [6.07, 6.45) is 2.72. The largest absolute Gasteiger partial charge is 0.490 e. The van der Waals surface area contributed by atoms with Gasteiger partial charge in [-0.05, 0) is 49.9 Å². The van der Waals surface area contributed by atoms with Crippen LogP contribution in [0.2, 0.25) is 0 Å². The molecule has 2 aromatic rings. The van der Waals surface area contributed by atoms with Crippen molar-refractivity contribution in [2.24, 2.45) is 0 Å². The Kier molecular flexibility index (Phi) is 8.27. The number of fused-ring (bicyclic) bond motifs is 1. The van der Waals surface area contributed by atoms with Gasteiger partial charge in [-0.3, -0.25) is 9.59 Å². The number of hydrogen-bond acceptors (Lipinski definition) is 4. The van der Waals surface area contributed by atoms with Gasteiger partial charge < -0.3 is 19.7 Å². The predicted octanol–water partition coefficient (Wildman–Crippen LogP) is 3.47. The molecule has 1 aliphatic heterocycles. The third kappa shape index (κ3) is 6.70. The molecule has 0 aliphatic carbocycles. The quantitative estimate of drug-likeness (QED) is 0.810. The molecule has 0 radical (unpaired) electrons. The van der Waals surface area contributed by atoms with Crippen molar-refractivity contribution < 1.29 is 23.5 Å². The van der Waals surface area contributed by atoms with Crippen molar-refractivity contribution in [3.63, 3.8) is 0 Å². The van der Waals surface area contributed by atoms with Gasteiger partial charge in [0.1, 0.15) is 5.82 Å². The van der Waals surface area contributed by atoms with Gasteiger partial charge in [-0.1, -0.05) is 24.3 Å². The second-order valence-electron chi connectivity index (χ2n) is 7.49. The van der Waals surface area contributed by atoms with Crippen LogP contribution in [0.5, 0.6) is 11.5 Å². The van der Waals surface area contributed by atoms with Crippen molar-refractivity contribution >= 4 is 11.8 Å². The molecule has 0 atom stereocenters. The standard InChI is InChI=1S/C24H29FN2O4/c1-2-30-21-8-6-7-19-16-27(23(29)15-18-9-11-20(25)12-10-18)17-22(28)26-13-4-3-5-14-31-24(19)21/h6-12H,2-5,13-17H2,1H3,(H,26,28). The SMILES string of the molecule is CCOc1cccc2c1OCCCCCNC(=O)CN(C(=O)Cc1ccc(F)cc1)C2. The lowest BCUT2D eigenvalue weighted by atomic mass is 10.1. The first-order valence-corrected chi connectivity index (χ1v) is 10.7. The summed E-state index contributed by atoms with van der Waals surface area (Å²) in [5.41, 5.74) is 1.47. The lowest BCUT2D eigenvalue weighted by molar-refractivity contribution is -0.136. The van der Waals surface area contributed by atoms with E-state index >= 15 is 0 Å². The molecule has 0 spiro atoms. The van der Waals surface area contributed by atoms with Crippen molar-refractivity contribution in [3.05, 3.63) is 59.4 Å². The van der Waals surface area contributed by atoms with Gasteiger partial charge in [0.25, 0.3) is 0 Å². The zero-order chi connectivity index (χ0) is 22.1. The molecule has 2 aromatic carbocycles. The average molecular weight is 429 g/mol. The van der Waals surface area contributed by atoms with Crippen LogP contribution in [0.25, 0.3) is 0 Å². The molecule has 0 bridgehead atoms. The van der Waals surface area contributed by atoms with Crippen molar-refractivity contribution in [1.82, 2.24) is 10.2 Å². The first-order valence-electron chi connectivity index (χ1n) is 10.7. The van der Waals surface area contributed by atoms with Crippen LogP contribution in [-0.2, 0) is 22.6 Å². The zero-order valence-electron chi connectivity index (χ0n) is 17.9. The fourth-order valence-electron chi connectivity index (χ4n) is 3.48. The molecule has 0 saturated heterocycles. The molecule has 6 nitrogen and oxygen atoms in total. The summed E-state index contributed by atoms with van der Waals surface area (Å²) < 4.78 is 25.0. The topological polar surface area (TPSA) is 67.9 Å². The summed E-state index contributed by atoms with van der Waals surface area (Å²) in [5, 5.41) is 2.88. The molecule has 1 heterocycles. The summed E-state index contributed by atoms with van der Waals surface area (Å²) in [7, 11) is 0. The number of nitrogens with zero attached hydrogens (tertiary/aromatic N) is 1. The molecule has 1 aliphatic rings. The molecular formula is C24H29FN2O4. The van der Waals surface area contributed by atoms with Crippen molar-refractivity contribution in [2.45, 2.75) is 39.2 Å². The van der Waals surface area contributed by atoms with Crippen molar-refractivity contribution in [2.75, 3.05) is 26.3 Å². The zero-order valence-corrected chi connectivity index (χ0v) is 17.9. The number of benzene rings is 2. The third-order valence-electron chi connectivity index (χ3n) is 5.07. The van der Waals surface area contributed by atoms with Gasteiger partial charge in [0.15, 0.2) is 11.5 Å². The lowest BCUT2D eigenvalue weighted by Crippen LogP contribution is -2.41. The number of ether oxygens (including phenoxy) is 2. The first kappa shape index (κ1) is 22.6. The van der Waals surface area contributed by atoms with Gasteiger partial charge in [0.05, 0.1) is 32.7 Å². The summed E-state index contributed by atoms with van der Waals surface area (Å²) in [5.74, 6) is 0.473. The Morgan fingerprint density at radius 1 is 1.13 bits per heavy atom. The van der Waals surface area contributed by atoms with E-state index in [2.05, 4.69) is 5.32 Å². The predicted molar refractivity (Wildman–Crippen MR) is 115 cm³/mol. The monoisotopic (exact) mass is 428 g/mol. The summed E-state index contributed by atoms with van der Waals surface area (Å²) >= 11 is 0. The van der Waals surface area contributed by atoms with Crippen molar-refractivity contribution in [1.29, 1.82) is 0 Å². The average Bonchev–Trinajstić information content (AvgIpc) is 2.77. The van der Waals surface area contributed by atoms with E-state index in [4.69, 9.17) is 9.47 Å². The minimum absolute atomic E-state index is 0.0572. The van der Waals surface area contributed by atoms with Crippen LogP contribution >= 0.6 is 0 Å². The molecule has 0 fully saturated rings. The van der Waals surface area contributed by atoms with Gasteiger partial charge in [-0.2, -0.15) is 0 Å². The smallest absolute Gasteiger partial charge is 0.239 e. The van der Waals surface area contributed by atoms with E-state index in [1.807, 2.05) is 25.1 Å². The van der Waals surface area contributed by atoms with E-state index in [1.165, 1.54) is 17.0 Å². The van der Waals surface area contributed by atoms with Gasteiger partial charge >= 0.3 is 0 Å². The minimum atomic E-state index is -0.354. The number of para-hydroxylation sites is 1. The first-order chi connectivity index (χ1) is 15.1. The maximum absolute atomic E-state index is 13.2. The normalized spacial score (nSPS) is 15.4. The Hall–Kier alpha value is -3.09. The molecular weight excluding hydrogens is 399 g/mol. The maximum atomic E-state index is 13.2. The molecule has 31 heavy (non-hydrogen) atoms. The molecule has 0 aromatic heterocycles. The van der Waals surface area contributed by atoms with Crippen LogP contribution < -0.4 is 14.8 Å². The summed E-state index contributed by atoms with van der Waals surface area (Å²) in [4.78, 5) is 27.1. The van der Waals surface area contributed by atoms with E-state index in [0.29, 0.717) is 36.8 Å².